The van der Waals surface area contributed by atoms with Crippen LogP contribution in [0.1, 0.15) is 0 Å². The van der Waals surface area contributed by atoms with Crippen molar-refractivity contribution in [2.45, 2.75) is 12.3 Å². The van der Waals surface area contributed by atoms with Gasteiger partial charge in [-0.1, -0.05) is 0 Å². The predicted molar refractivity (Wildman–Crippen MR) is 52.5 cm³/mol. The molecule has 1 atom stereocenters. The van der Waals surface area contributed by atoms with E-state index in [0.717, 1.165) is 0 Å². The molecule has 1 unspecified atom stereocenters. The molecule has 0 saturated heterocycles. The van der Waals surface area contributed by atoms with Crippen molar-refractivity contribution in [2.75, 3.05) is 11.9 Å². The van der Waals surface area contributed by atoms with Crippen molar-refractivity contribution < 1.29 is 18.3 Å². The van der Waals surface area contributed by atoms with E-state index in [0.29, 0.717) is 4.47 Å². The van der Waals surface area contributed by atoms with Crippen LogP contribution in [0.3, 0.4) is 0 Å². The third-order valence-corrected chi connectivity index (χ3v) is 2.24. The third kappa shape index (κ3) is 3.67. The Hall–Kier alpha value is -0.820. The minimum Gasteiger partial charge on any atom is -0.382 e. The molecule has 1 heterocycles. The average molecular weight is 285 g/mol. The number of aromatic nitrogens is 1. The zero-order valence-electron chi connectivity index (χ0n) is 7.42. The lowest BCUT2D eigenvalue weighted by Gasteiger charge is -2.15. The van der Waals surface area contributed by atoms with Crippen molar-refractivity contribution in [1.29, 1.82) is 0 Å². The standard InChI is InChI=1S/C8H8BrF3N2O/c9-5-2-1-3-13-7(5)14-4-6(15)8(10,11)12/h1-3,6,15H,4H2,(H,13,14). The van der Waals surface area contributed by atoms with Crippen LogP contribution in [0.15, 0.2) is 22.8 Å². The maximum absolute atomic E-state index is 11.9. The van der Waals surface area contributed by atoms with Crippen LogP contribution in [0.2, 0.25) is 0 Å². The first-order valence-electron chi connectivity index (χ1n) is 4.00. The van der Waals surface area contributed by atoms with Gasteiger partial charge in [-0.15, -0.1) is 0 Å². The lowest BCUT2D eigenvalue weighted by Crippen LogP contribution is -2.35. The first-order valence-corrected chi connectivity index (χ1v) is 4.79. The first-order chi connectivity index (χ1) is 6.91. The van der Waals surface area contributed by atoms with Gasteiger partial charge in [0, 0.05) is 6.20 Å². The fraction of sp³-hybridized carbons (Fsp3) is 0.375. The minimum atomic E-state index is -4.62. The van der Waals surface area contributed by atoms with E-state index in [1.165, 1.54) is 6.20 Å². The number of pyridine rings is 1. The minimum absolute atomic E-state index is 0.265. The lowest BCUT2D eigenvalue weighted by atomic mass is 10.3. The Morgan fingerprint density at radius 1 is 1.53 bits per heavy atom. The van der Waals surface area contributed by atoms with E-state index < -0.39 is 18.8 Å². The number of rotatable bonds is 3. The largest absolute Gasteiger partial charge is 0.416 e. The van der Waals surface area contributed by atoms with Crippen molar-refractivity contribution in [3.05, 3.63) is 22.8 Å². The van der Waals surface area contributed by atoms with Crippen molar-refractivity contribution in [3.63, 3.8) is 0 Å². The molecule has 1 aromatic heterocycles. The molecule has 15 heavy (non-hydrogen) atoms. The smallest absolute Gasteiger partial charge is 0.382 e. The van der Waals surface area contributed by atoms with Crippen molar-refractivity contribution in [2.24, 2.45) is 0 Å². The quantitative estimate of drug-likeness (QED) is 0.894. The monoisotopic (exact) mass is 284 g/mol. The van der Waals surface area contributed by atoms with Crippen LogP contribution < -0.4 is 5.32 Å². The van der Waals surface area contributed by atoms with Gasteiger partial charge in [-0.3, -0.25) is 0 Å². The van der Waals surface area contributed by atoms with E-state index >= 15 is 0 Å². The summed E-state index contributed by atoms with van der Waals surface area (Å²) in [5.74, 6) is 0.265. The van der Waals surface area contributed by atoms with Gasteiger partial charge < -0.3 is 10.4 Å². The van der Waals surface area contributed by atoms with E-state index in [2.05, 4.69) is 26.2 Å². The van der Waals surface area contributed by atoms with Gasteiger partial charge in [0.05, 0.1) is 11.0 Å². The fourth-order valence-electron chi connectivity index (χ4n) is 0.825. The third-order valence-electron chi connectivity index (χ3n) is 1.60. The van der Waals surface area contributed by atoms with Crippen molar-refractivity contribution in [3.8, 4) is 0 Å². The molecule has 0 aromatic carbocycles. The molecule has 0 radical (unpaired) electrons. The molecule has 3 nitrogen and oxygen atoms in total. The van der Waals surface area contributed by atoms with Gasteiger partial charge in [0.2, 0.25) is 0 Å². The van der Waals surface area contributed by atoms with Crippen LogP contribution in [0.25, 0.3) is 0 Å². The van der Waals surface area contributed by atoms with Gasteiger partial charge in [0.1, 0.15) is 5.82 Å². The summed E-state index contributed by atoms with van der Waals surface area (Å²) in [6.45, 7) is -0.626. The predicted octanol–water partition coefficient (Wildman–Crippen LogP) is 2.18. The molecule has 84 valence electrons. The number of alkyl halides is 3. The van der Waals surface area contributed by atoms with Crippen LogP contribution in [0.5, 0.6) is 0 Å². The van der Waals surface area contributed by atoms with E-state index in [1.54, 1.807) is 12.1 Å². The highest BCUT2D eigenvalue weighted by atomic mass is 79.9. The first kappa shape index (κ1) is 12.3. The van der Waals surface area contributed by atoms with Gasteiger partial charge in [-0.2, -0.15) is 13.2 Å². The second-order valence-electron chi connectivity index (χ2n) is 2.77. The Kier molecular flexibility index (Phi) is 3.92. The molecule has 0 aliphatic rings. The zero-order chi connectivity index (χ0) is 11.5. The van der Waals surface area contributed by atoms with E-state index in [-0.39, 0.29) is 5.82 Å². The van der Waals surface area contributed by atoms with Crippen molar-refractivity contribution in [1.82, 2.24) is 4.98 Å². The second-order valence-corrected chi connectivity index (χ2v) is 3.63. The summed E-state index contributed by atoms with van der Waals surface area (Å²) in [6.07, 6.45) is -5.58. The zero-order valence-corrected chi connectivity index (χ0v) is 9.01. The molecule has 0 amide bonds. The number of nitrogens with zero attached hydrogens (tertiary/aromatic N) is 1. The van der Waals surface area contributed by atoms with E-state index in [9.17, 15) is 13.2 Å². The van der Waals surface area contributed by atoms with Gasteiger partial charge in [-0.25, -0.2) is 4.98 Å². The summed E-state index contributed by atoms with van der Waals surface area (Å²) in [7, 11) is 0. The van der Waals surface area contributed by atoms with Crippen LogP contribution in [-0.4, -0.2) is 28.9 Å². The van der Waals surface area contributed by atoms with Crippen LogP contribution in [-0.2, 0) is 0 Å². The molecular formula is C8H8BrF3N2O. The van der Waals surface area contributed by atoms with Crippen LogP contribution >= 0.6 is 15.9 Å². The molecule has 0 aliphatic heterocycles. The maximum atomic E-state index is 11.9. The molecule has 0 saturated carbocycles. The summed E-state index contributed by atoms with van der Waals surface area (Å²) in [6, 6.07) is 3.27. The SMILES string of the molecule is OC(CNc1ncccc1Br)C(F)(F)F. The second kappa shape index (κ2) is 4.80. The van der Waals surface area contributed by atoms with Gasteiger partial charge in [0.25, 0.3) is 0 Å². The van der Waals surface area contributed by atoms with Crippen LogP contribution in [0, 0.1) is 0 Å². The van der Waals surface area contributed by atoms with Crippen molar-refractivity contribution >= 4 is 21.7 Å². The Bertz CT molecular complexity index is 332. The molecule has 1 aromatic rings. The lowest BCUT2D eigenvalue weighted by molar-refractivity contribution is -0.198. The Morgan fingerprint density at radius 3 is 2.73 bits per heavy atom. The number of halogens is 4. The summed E-state index contributed by atoms with van der Waals surface area (Å²) in [5, 5.41) is 11.1. The van der Waals surface area contributed by atoms with Gasteiger partial charge in [0.15, 0.2) is 6.10 Å². The molecule has 1 rings (SSSR count). The van der Waals surface area contributed by atoms with E-state index in [1.807, 2.05) is 0 Å². The number of aliphatic hydroxyl groups is 1. The molecule has 0 bridgehead atoms. The molecule has 7 heteroatoms. The van der Waals surface area contributed by atoms with Crippen LogP contribution in [0.4, 0.5) is 19.0 Å². The molecule has 0 aliphatic carbocycles. The highest BCUT2D eigenvalue weighted by molar-refractivity contribution is 9.10. The van der Waals surface area contributed by atoms with Gasteiger partial charge in [-0.05, 0) is 28.1 Å². The highest BCUT2D eigenvalue weighted by Gasteiger charge is 2.37. The fourth-order valence-corrected chi connectivity index (χ4v) is 1.22. The molecular weight excluding hydrogens is 277 g/mol. The summed E-state index contributed by atoms with van der Waals surface area (Å²) in [4.78, 5) is 3.80. The Balaban J connectivity index is 2.55. The highest BCUT2D eigenvalue weighted by Crippen LogP contribution is 2.22. The average Bonchev–Trinajstić information content (AvgIpc) is 2.14. The number of anilines is 1. The summed E-state index contributed by atoms with van der Waals surface area (Å²) in [5.41, 5.74) is 0. The maximum Gasteiger partial charge on any atom is 0.416 e. The molecule has 0 spiro atoms. The number of nitrogens with one attached hydrogen (secondary N) is 1. The number of hydrogen-bond acceptors (Lipinski definition) is 3. The summed E-state index contributed by atoms with van der Waals surface area (Å²) < 4.78 is 36.3. The molecule has 2 N–H and O–H groups in total. The van der Waals surface area contributed by atoms with E-state index in [4.69, 9.17) is 5.11 Å². The normalized spacial score (nSPS) is 13.7. The number of aliphatic hydroxyl groups excluding tert-OH is 1. The molecule has 0 fully saturated rings. The summed E-state index contributed by atoms with van der Waals surface area (Å²) >= 11 is 3.11. The number of hydrogen-bond donors (Lipinski definition) is 2. The topological polar surface area (TPSA) is 45.1 Å². The Morgan fingerprint density at radius 2 is 2.20 bits per heavy atom. The van der Waals surface area contributed by atoms with Gasteiger partial charge >= 0.3 is 6.18 Å². The Labute approximate surface area is 92.5 Å².